The number of carbonyl (C=O) groups excluding carboxylic acids is 1. The first-order chi connectivity index (χ1) is 13.1. The molecule has 142 valence electrons. The van der Waals surface area contributed by atoms with Crippen LogP contribution in [-0.2, 0) is 4.79 Å². The van der Waals surface area contributed by atoms with Gasteiger partial charge in [-0.15, -0.1) is 0 Å². The van der Waals surface area contributed by atoms with Gasteiger partial charge in [0.15, 0.2) is 5.78 Å². The molecule has 2 saturated carbocycles. The summed E-state index contributed by atoms with van der Waals surface area (Å²) < 4.78 is 14.7. The molecule has 0 radical (unpaired) electrons. The van der Waals surface area contributed by atoms with E-state index in [0.29, 0.717) is 30.0 Å². The minimum absolute atomic E-state index is 0.149. The van der Waals surface area contributed by atoms with E-state index in [1.807, 2.05) is 18.3 Å². The molecular weight excluding hydrogens is 337 g/mol. The maximum absolute atomic E-state index is 14.7. The van der Waals surface area contributed by atoms with Gasteiger partial charge in [-0.25, -0.2) is 0 Å². The van der Waals surface area contributed by atoms with Crippen molar-refractivity contribution in [3.63, 3.8) is 0 Å². The topological polar surface area (TPSA) is 30.0 Å². The van der Waals surface area contributed by atoms with Gasteiger partial charge in [0.25, 0.3) is 0 Å². The second-order valence-electron chi connectivity index (χ2n) is 9.39. The Morgan fingerprint density at radius 3 is 2.89 bits per heavy atom. The predicted octanol–water partition coefficient (Wildman–Crippen LogP) is 5.56. The normalized spacial score (nSPS) is 40.5. The minimum atomic E-state index is -0.327. The highest BCUT2D eigenvalue weighted by Gasteiger charge is 2.58. The van der Waals surface area contributed by atoms with Gasteiger partial charge in [0.05, 0.1) is 6.67 Å². The van der Waals surface area contributed by atoms with Crippen molar-refractivity contribution >= 4 is 11.4 Å². The van der Waals surface area contributed by atoms with Crippen LogP contribution in [-0.4, -0.2) is 17.4 Å². The zero-order valence-corrected chi connectivity index (χ0v) is 16.1. The van der Waals surface area contributed by atoms with E-state index < -0.39 is 0 Å². The molecule has 0 aliphatic heterocycles. The van der Waals surface area contributed by atoms with Crippen LogP contribution in [0.15, 0.2) is 42.3 Å². The summed E-state index contributed by atoms with van der Waals surface area (Å²) in [7, 11) is 0. The van der Waals surface area contributed by atoms with Gasteiger partial charge in [-0.05, 0) is 85.0 Å². The molecule has 4 aliphatic carbocycles. The Bertz CT molecular complexity index is 828. The van der Waals surface area contributed by atoms with Crippen molar-refractivity contribution in [1.29, 1.82) is 0 Å². The molecule has 0 saturated heterocycles. The lowest BCUT2D eigenvalue weighted by atomic mass is 9.46. The van der Waals surface area contributed by atoms with E-state index in [9.17, 15) is 9.18 Å². The molecule has 2 nitrogen and oxygen atoms in total. The zero-order valence-electron chi connectivity index (χ0n) is 16.1. The lowest BCUT2D eigenvalue weighted by Gasteiger charge is -2.58. The molecule has 0 bridgehead atoms. The van der Waals surface area contributed by atoms with Crippen molar-refractivity contribution in [3.8, 4) is 0 Å². The number of fused-ring (bicyclic) bond motifs is 5. The molecule has 1 aromatic rings. The maximum atomic E-state index is 14.7. The van der Waals surface area contributed by atoms with Gasteiger partial charge in [0, 0.05) is 24.2 Å². The van der Waals surface area contributed by atoms with E-state index in [1.165, 1.54) is 11.1 Å². The van der Waals surface area contributed by atoms with E-state index in [-0.39, 0.29) is 17.5 Å². The lowest BCUT2D eigenvalue weighted by molar-refractivity contribution is -0.117. The van der Waals surface area contributed by atoms with Crippen LogP contribution in [0.2, 0.25) is 0 Å². The Balaban J connectivity index is 1.51. The number of carbonyl (C=O) groups is 1. The van der Waals surface area contributed by atoms with Gasteiger partial charge in [0.1, 0.15) is 0 Å². The number of nitrogens with zero attached hydrogens (tertiary/aromatic N) is 1. The highest BCUT2D eigenvalue weighted by atomic mass is 19.1. The molecule has 2 fully saturated rings. The second-order valence-corrected chi connectivity index (χ2v) is 9.39. The summed E-state index contributed by atoms with van der Waals surface area (Å²) in [6.07, 6.45) is 14.7. The summed E-state index contributed by atoms with van der Waals surface area (Å²) >= 11 is 0. The smallest absolute Gasteiger partial charge is 0.155 e. The summed E-state index contributed by atoms with van der Waals surface area (Å²) in [6, 6.07) is 4.04. The molecule has 0 N–H and O–H groups in total. The number of alkyl halides is 1. The van der Waals surface area contributed by atoms with Crippen molar-refractivity contribution in [2.24, 2.45) is 28.6 Å². The van der Waals surface area contributed by atoms with Gasteiger partial charge >= 0.3 is 0 Å². The van der Waals surface area contributed by atoms with Crippen molar-refractivity contribution in [2.45, 2.75) is 51.9 Å². The molecular formula is C24H28FNO. The third-order valence-electron chi connectivity index (χ3n) is 8.49. The molecule has 1 aromatic heterocycles. The van der Waals surface area contributed by atoms with Crippen LogP contribution >= 0.6 is 0 Å². The van der Waals surface area contributed by atoms with Crippen LogP contribution in [0.3, 0.4) is 0 Å². The monoisotopic (exact) mass is 365 g/mol. The molecule has 1 heterocycles. The first-order valence-electron chi connectivity index (χ1n) is 10.5. The van der Waals surface area contributed by atoms with E-state index in [4.69, 9.17) is 0 Å². The minimum Gasteiger partial charge on any atom is -0.295 e. The molecule has 3 heteroatoms. The first-order valence-corrected chi connectivity index (χ1v) is 10.5. The molecule has 5 rings (SSSR count). The SMILES string of the molecule is C[C@]12CCC(=O)C=C1CC[C@H]1[C@@H]3CC=C(c4cccnc4)[C@@]3(CF)CC[C@@H]12. The van der Waals surface area contributed by atoms with Crippen molar-refractivity contribution in [3.05, 3.63) is 47.8 Å². The average Bonchev–Trinajstić information content (AvgIpc) is 3.09. The molecule has 27 heavy (non-hydrogen) atoms. The summed E-state index contributed by atoms with van der Waals surface area (Å²) in [6.45, 7) is 2.12. The highest BCUT2D eigenvalue weighted by Crippen LogP contribution is 2.66. The van der Waals surface area contributed by atoms with Crippen molar-refractivity contribution < 1.29 is 9.18 Å². The van der Waals surface area contributed by atoms with Gasteiger partial charge < -0.3 is 0 Å². The number of ketones is 1. The van der Waals surface area contributed by atoms with Crippen LogP contribution in [0.1, 0.15) is 57.4 Å². The Hall–Kier alpha value is -1.77. The quantitative estimate of drug-likeness (QED) is 0.687. The third-order valence-corrected chi connectivity index (χ3v) is 8.49. The van der Waals surface area contributed by atoms with Gasteiger partial charge in [-0.3, -0.25) is 14.2 Å². The molecule has 0 amide bonds. The number of halogens is 1. The summed E-state index contributed by atoms with van der Waals surface area (Å²) in [4.78, 5) is 16.2. The molecule has 0 aromatic carbocycles. The average molecular weight is 365 g/mol. The number of hydrogen-bond acceptors (Lipinski definition) is 2. The fourth-order valence-corrected chi connectivity index (χ4v) is 7.12. The number of pyridine rings is 1. The number of aromatic nitrogens is 1. The highest BCUT2D eigenvalue weighted by molar-refractivity contribution is 5.91. The van der Waals surface area contributed by atoms with Gasteiger partial charge in [-0.1, -0.05) is 24.6 Å². The Labute approximate surface area is 161 Å². The van der Waals surface area contributed by atoms with E-state index >= 15 is 0 Å². The second kappa shape index (κ2) is 6.12. The number of rotatable bonds is 2. The molecule has 0 unspecified atom stereocenters. The van der Waals surface area contributed by atoms with Crippen molar-refractivity contribution in [1.82, 2.24) is 4.98 Å². The van der Waals surface area contributed by atoms with Gasteiger partial charge in [0.2, 0.25) is 0 Å². The number of allylic oxidation sites excluding steroid dienone is 4. The van der Waals surface area contributed by atoms with Crippen LogP contribution in [0, 0.1) is 28.6 Å². The molecule has 4 aliphatic rings. The first kappa shape index (κ1) is 17.3. The Kier molecular flexibility index (Phi) is 3.93. The molecule has 5 atom stereocenters. The summed E-state index contributed by atoms with van der Waals surface area (Å²) in [5.74, 6) is 1.86. The molecule has 0 spiro atoms. The summed E-state index contributed by atoms with van der Waals surface area (Å²) in [5, 5.41) is 0. The Morgan fingerprint density at radius 2 is 2.11 bits per heavy atom. The largest absolute Gasteiger partial charge is 0.295 e. The standard InChI is InChI=1S/C24H28FNO/c1-23-10-8-18(27)13-17(23)4-5-19-21(23)9-11-24(15-25)20(6-7-22(19)24)16-3-2-12-26-14-16/h2-3,6,12-14,19,21-22H,4-5,7-11,15H2,1H3/t19-,21+,22+,23+,24+/m1/s1. The lowest BCUT2D eigenvalue weighted by Crippen LogP contribution is -2.51. The maximum Gasteiger partial charge on any atom is 0.155 e. The van der Waals surface area contributed by atoms with Crippen LogP contribution in [0.4, 0.5) is 4.39 Å². The van der Waals surface area contributed by atoms with Gasteiger partial charge in [-0.2, -0.15) is 0 Å². The fraction of sp³-hybridized carbons (Fsp3) is 0.583. The van der Waals surface area contributed by atoms with E-state index in [1.54, 1.807) is 6.20 Å². The van der Waals surface area contributed by atoms with E-state index in [0.717, 1.165) is 44.1 Å². The predicted molar refractivity (Wildman–Crippen MR) is 105 cm³/mol. The van der Waals surface area contributed by atoms with Crippen LogP contribution in [0.25, 0.3) is 5.57 Å². The third kappa shape index (κ3) is 2.36. The van der Waals surface area contributed by atoms with Crippen LogP contribution < -0.4 is 0 Å². The number of hydrogen-bond donors (Lipinski definition) is 0. The zero-order chi connectivity index (χ0) is 18.6. The fourth-order valence-electron chi connectivity index (χ4n) is 7.12. The van der Waals surface area contributed by atoms with Crippen LogP contribution in [0.5, 0.6) is 0 Å². The van der Waals surface area contributed by atoms with E-state index in [2.05, 4.69) is 24.1 Å². The summed E-state index contributed by atoms with van der Waals surface area (Å²) in [5.41, 5.74) is 3.50. The van der Waals surface area contributed by atoms with Crippen molar-refractivity contribution in [2.75, 3.05) is 6.67 Å². The Morgan fingerprint density at radius 1 is 1.22 bits per heavy atom.